The fraction of sp³-hybridized carbons (Fsp3) is 0.846. The van der Waals surface area contributed by atoms with Crippen molar-refractivity contribution in [3.8, 4) is 0 Å². The van der Waals surface area contributed by atoms with Gasteiger partial charge in [0.05, 0.1) is 0 Å². The lowest BCUT2D eigenvalue weighted by Gasteiger charge is -2.31. The van der Waals surface area contributed by atoms with Gasteiger partial charge < -0.3 is 10.0 Å². The third-order valence-corrected chi connectivity index (χ3v) is 4.06. The molecule has 0 aliphatic heterocycles. The van der Waals surface area contributed by atoms with Crippen LogP contribution in [0.15, 0.2) is 0 Å². The van der Waals surface area contributed by atoms with Gasteiger partial charge in [-0.15, -0.1) is 0 Å². The summed E-state index contributed by atoms with van der Waals surface area (Å²) in [6, 6.07) is -0.730. The maximum atomic E-state index is 12.1. The largest absolute Gasteiger partial charge is 0.480 e. The Bertz CT molecular complexity index is 282. The second-order valence-corrected chi connectivity index (χ2v) is 5.09. The van der Waals surface area contributed by atoms with Crippen LogP contribution in [0.25, 0.3) is 0 Å². The molecule has 0 aromatic heterocycles. The molecule has 17 heavy (non-hydrogen) atoms. The topological polar surface area (TPSA) is 57.6 Å². The molecule has 1 atom stereocenters. The number of nitrogens with zero attached hydrogens (tertiary/aromatic N) is 1. The average Bonchev–Trinajstić information content (AvgIpc) is 2.36. The van der Waals surface area contributed by atoms with Gasteiger partial charge in [0.25, 0.3) is 0 Å². The molecule has 0 bridgehead atoms. The van der Waals surface area contributed by atoms with Crippen molar-refractivity contribution < 1.29 is 14.7 Å². The van der Waals surface area contributed by atoms with Gasteiger partial charge in [0.1, 0.15) is 6.04 Å². The van der Waals surface area contributed by atoms with E-state index in [1.165, 1.54) is 11.3 Å². The standard InChI is InChI=1S/C13H23NO3/c1-4-10-5-7-11(8-6-10)12(15)14(3)9(2)13(16)17/h9-11H,4-8H2,1-3H3,(H,16,17). The van der Waals surface area contributed by atoms with E-state index in [0.29, 0.717) is 0 Å². The normalized spacial score (nSPS) is 26.3. The third-order valence-electron chi connectivity index (χ3n) is 4.06. The number of amides is 1. The summed E-state index contributed by atoms with van der Waals surface area (Å²) in [6.45, 7) is 3.74. The highest BCUT2D eigenvalue weighted by Crippen LogP contribution is 2.31. The van der Waals surface area contributed by atoms with Crippen molar-refractivity contribution in [1.29, 1.82) is 0 Å². The van der Waals surface area contributed by atoms with E-state index in [-0.39, 0.29) is 11.8 Å². The molecule has 0 saturated heterocycles. The summed E-state index contributed by atoms with van der Waals surface area (Å²) in [5, 5.41) is 8.89. The Morgan fingerprint density at radius 3 is 2.24 bits per heavy atom. The Labute approximate surface area is 103 Å². The molecule has 1 unspecified atom stereocenters. The maximum Gasteiger partial charge on any atom is 0.326 e. The highest BCUT2D eigenvalue weighted by atomic mass is 16.4. The highest BCUT2D eigenvalue weighted by molar-refractivity contribution is 5.84. The lowest BCUT2D eigenvalue weighted by molar-refractivity contribution is -0.150. The van der Waals surface area contributed by atoms with Gasteiger partial charge in [0.2, 0.25) is 5.91 Å². The number of aliphatic carboxylic acids is 1. The quantitative estimate of drug-likeness (QED) is 0.820. The third kappa shape index (κ3) is 3.45. The Hall–Kier alpha value is -1.06. The van der Waals surface area contributed by atoms with Gasteiger partial charge in [-0.2, -0.15) is 0 Å². The molecule has 4 heteroatoms. The molecule has 1 aliphatic carbocycles. The average molecular weight is 241 g/mol. The van der Waals surface area contributed by atoms with Gasteiger partial charge in [0.15, 0.2) is 0 Å². The molecule has 0 spiro atoms. The minimum atomic E-state index is -0.942. The fourth-order valence-electron chi connectivity index (χ4n) is 2.46. The zero-order valence-electron chi connectivity index (χ0n) is 11.0. The van der Waals surface area contributed by atoms with Crippen LogP contribution in [0.2, 0.25) is 0 Å². The Balaban J connectivity index is 2.51. The van der Waals surface area contributed by atoms with Crippen molar-refractivity contribution in [1.82, 2.24) is 4.90 Å². The molecule has 1 aliphatic rings. The van der Waals surface area contributed by atoms with Crippen LogP contribution in [-0.4, -0.2) is 35.0 Å². The van der Waals surface area contributed by atoms with Crippen LogP contribution in [0.3, 0.4) is 0 Å². The molecule has 0 aromatic rings. The van der Waals surface area contributed by atoms with Crippen molar-refractivity contribution in [2.45, 2.75) is 52.0 Å². The Morgan fingerprint density at radius 1 is 1.29 bits per heavy atom. The maximum absolute atomic E-state index is 12.1. The number of carboxylic acid groups (broad SMARTS) is 1. The second-order valence-electron chi connectivity index (χ2n) is 5.09. The van der Waals surface area contributed by atoms with E-state index in [2.05, 4.69) is 6.92 Å². The van der Waals surface area contributed by atoms with Gasteiger partial charge in [0, 0.05) is 13.0 Å². The molecular formula is C13H23NO3. The van der Waals surface area contributed by atoms with Crippen LogP contribution >= 0.6 is 0 Å². The van der Waals surface area contributed by atoms with Gasteiger partial charge >= 0.3 is 5.97 Å². The number of carboxylic acids is 1. The first-order chi connectivity index (χ1) is 7.97. The fourth-order valence-corrected chi connectivity index (χ4v) is 2.46. The van der Waals surface area contributed by atoms with E-state index in [0.717, 1.165) is 31.6 Å². The van der Waals surface area contributed by atoms with E-state index in [1.54, 1.807) is 14.0 Å². The molecule has 0 aromatic carbocycles. The van der Waals surface area contributed by atoms with Crippen LogP contribution in [-0.2, 0) is 9.59 Å². The molecule has 1 fully saturated rings. The van der Waals surface area contributed by atoms with Crippen molar-refractivity contribution in [3.05, 3.63) is 0 Å². The SMILES string of the molecule is CCC1CCC(C(=O)N(C)C(C)C(=O)O)CC1. The number of likely N-dealkylation sites (N-methyl/N-ethyl adjacent to an activating group) is 1. The lowest BCUT2D eigenvalue weighted by Crippen LogP contribution is -2.44. The van der Waals surface area contributed by atoms with Gasteiger partial charge in [-0.1, -0.05) is 13.3 Å². The molecule has 0 radical (unpaired) electrons. The molecular weight excluding hydrogens is 218 g/mol. The van der Waals surface area contributed by atoms with Crippen molar-refractivity contribution in [2.24, 2.45) is 11.8 Å². The van der Waals surface area contributed by atoms with E-state index >= 15 is 0 Å². The summed E-state index contributed by atoms with van der Waals surface area (Å²) in [5.41, 5.74) is 0. The Morgan fingerprint density at radius 2 is 1.82 bits per heavy atom. The first-order valence-corrected chi connectivity index (χ1v) is 6.46. The number of hydrogen-bond donors (Lipinski definition) is 1. The van der Waals surface area contributed by atoms with Gasteiger partial charge in [-0.05, 0) is 38.5 Å². The number of carbonyl (C=O) groups excluding carboxylic acids is 1. The summed E-state index contributed by atoms with van der Waals surface area (Å²) in [6.07, 6.45) is 5.20. The van der Waals surface area contributed by atoms with Crippen LogP contribution < -0.4 is 0 Å². The molecule has 0 heterocycles. The monoisotopic (exact) mass is 241 g/mol. The van der Waals surface area contributed by atoms with Gasteiger partial charge in [-0.25, -0.2) is 4.79 Å². The summed E-state index contributed by atoms with van der Waals surface area (Å²) in [4.78, 5) is 24.3. The molecule has 1 saturated carbocycles. The lowest BCUT2D eigenvalue weighted by atomic mass is 9.80. The highest BCUT2D eigenvalue weighted by Gasteiger charge is 2.30. The van der Waals surface area contributed by atoms with Crippen LogP contribution in [0.4, 0.5) is 0 Å². The van der Waals surface area contributed by atoms with Crippen LogP contribution in [0, 0.1) is 11.8 Å². The smallest absolute Gasteiger partial charge is 0.326 e. The zero-order valence-corrected chi connectivity index (χ0v) is 11.0. The van der Waals surface area contributed by atoms with E-state index in [9.17, 15) is 9.59 Å². The molecule has 1 N–H and O–H groups in total. The van der Waals surface area contributed by atoms with Crippen molar-refractivity contribution in [3.63, 3.8) is 0 Å². The first-order valence-electron chi connectivity index (χ1n) is 6.46. The van der Waals surface area contributed by atoms with E-state index in [4.69, 9.17) is 5.11 Å². The zero-order chi connectivity index (χ0) is 13.0. The predicted octanol–water partition coefficient (Wildman–Crippen LogP) is 2.13. The second kappa shape index (κ2) is 6.03. The minimum absolute atomic E-state index is 0.00514. The van der Waals surface area contributed by atoms with E-state index in [1.807, 2.05) is 0 Å². The summed E-state index contributed by atoms with van der Waals surface area (Å²) < 4.78 is 0. The van der Waals surface area contributed by atoms with Crippen molar-refractivity contribution in [2.75, 3.05) is 7.05 Å². The molecule has 98 valence electrons. The molecule has 1 amide bonds. The first kappa shape index (κ1) is 14.0. The summed E-state index contributed by atoms with van der Waals surface area (Å²) >= 11 is 0. The summed E-state index contributed by atoms with van der Waals surface area (Å²) in [7, 11) is 1.59. The van der Waals surface area contributed by atoms with Crippen LogP contribution in [0.5, 0.6) is 0 Å². The molecule has 4 nitrogen and oxygen atoms in total. The number of rotatable bonds is 4. The van der Waals surface area contributed by atoms with Crippen molar-refractivity contribution >= 4 is 11.9 Å². The van der Waals surface area contributed by atoms with E-state index < -0.39 is 12.0 Å². The number of carbonyl (C=O) groups is 2. The van der Waals surface area contributed by atoms with Gasteiger partial charge in [-0.3, -0.25) is 4.79 Å². The van der Waals surface area contributed by atoms with Crippen LogP contribution in [0.1, 0.15) is 46.0 Å². The Kier molecular flexibility index (Phi) is 4.97. The minimum Gasteiger partial charge on any atom is -0.480 e. The predicted molar refractivity (Wildman–Crippen MR) is 65.6 cm³/mol. The molecule has 1 rings (SSSR count). The number of hydrogen-bond acceptors (Lipinski definition) is 2. The summed E-state index contributed by atoms with van der Waals surface area (Å²) in [5.74, 6) is -0.164.